The average molecular weight is 357 g/mol. The van der Waals surface area contributed by atoms with Crippen LogP contribution < -0.4 is 5.32 Å². The van der Waals surface area contributed by atoms with Gasteiger partial charge in [-0.05, 0) is 49.2 Å². The van der Waals surface area contributed by atoms with Crippen molar-refractivity contribution in [1.82, 2.24) is 10.2 Å². The summed E-state index contributed by atoms with van der Waals surface area (Å²) in [6.07, 6.45) is 1.05. The van der Waals surface area contributed by atoms with Gasteiger partial charge in [-0.1, -0.05) is 42.5 Å². The molecule has 0 radical (unpaired) electrons. The number of likely N-dealkylation sites (tertiary alicyclic amines) is 1. The zero-order valence-electron chi connectivity index (χ0n) is 14.7. The summed E-state index contributed by atoms with van der Waals surface area (Å²) in [4.78, 5) is 13.5. The highest BCUT2D eigenvalue weighted by Gasteiger charge is 2.27. The van der Waals surface area contributed by atoms with Gasteiger partial charge in [-0.3, -0.25) is 20.3 Å². The minimum absolute atomic E-state index is 0.117. The van der Waals surface area contributed by atoms with Gasteiger partial charge >= 0.3 is 0 Å². The van der Waals surface area contributed by atoms with Gasteiger partial charge in [0.15, 0.2) is 0 Å². The van der Waals surface area contributed by atoms with Gasteiger partial charge in [0.05, 0.1) is 6.42 Å². The first kappa shape index (κ1) is 18.5. The Labute approximate surface area is 153 Å². The fourth-order valence-corrected chi connectivity index (χ4v) is 3.45. The molecule has 1 atom stereocenters. The SMILES string of the molecule is O=[N+]([O-])C(Cc1cccc(F)c1)NC1CCN(Cc2ccccc2)CC1. The van der Waals surface area contributed by atoms with Crippen molar-refractivity contribution in [2.75, 3.05) is 13.1 Å². The minimum atomic E-state index is -0.887. The molecule has 0 amide bonds. The molecule has 5 nitrogen and oxygen atoms in total. The van der Waals surface area contributed by atoms with E-state index in [1.54, 1.807) is 12.1 Å². The molecule has 0 spiro atoms. The van der Waals surface area contributed by atoms with E-state index >= 15 is 0 Å². The van der Waals surface area contributed by atoms with Crippen LogP contribution in [0.5, 0.6) is 0 Å². The van der Waals surface area contributed by atoms with E-state index in [-0.39, 0.29) is 23.2 Å². The average Bonchev–Trinajstić information content (AvgIpc) is 2.63. The van der Waals surface area contributed by atoms with Crippen molar-refractivity contribution in [1.29, 1.82) is 0 Å². The van der Waals surface area contributed by atoms with E-state index in [1.165, 1.54) is 17.7 Å². The molecule has 0 bridgehead atoms. The van der Waals surface area contributed by atoms with Crippen molar-refractivity contribution in [3.8, 4) is 0 Å². The van der Waals surface area contributed by atoms with Crippen LogP contribution in [0, 0.1) is 15.9 Å². The maximum Gasteiger partial charge on any atom is 0.270 e. The van der Waals surface area contributed by atoms with Crippen LogP contribution >= 0.6 is 0 Å². The molecule has 1 unspecified atom stereocenters. The molecular formula is C20H24FN3O2. The maximum absolute atomic E-state index is 13.3. The van der Waals surface area contributed by atoms with Crippen molar-refractivity contribution >= 4 is 0 Å². The van der Waals surface area contributed by atoms with Gasteiger partial charge in [-0.15, -0.1) is 0 Å². The van der Waals surface area contributed by atoms with Gasteiger partial charge < -0.3 is 0 Å². The lowest BCUT2D eigenvalue weighted by atomic mass is 10.0. The van der Waals surface area contributed by atoms with E-state index in [1.807, 2.05) is 18.2 Å². The van der Waals surface area contributed by atoms with Gasteiger partial charge in [0, 0.05) is 17.5 Å². The molecule has 1 fully saturated rings. The van der Waals surface area contributed by atoms with Crippen molar-refractivity contribution < 1.29 is 9.31 Å². The van der Waals surface area contributed by atoms with Crippen molar-refractivity contribution in [2.45, 2.75) is 38.0 Å². The molecule has 138 valence electrons. The normalized spacial score (nSPS) is 17.1. The van der Waals surface area contributed by atoms with Crippen LogP contribution in [0.25, 0.3) is 0 Å². The lowest BCUT2D eigenvalue weighted by molar-refractivity contribution is -0.530. The number of hydrogen-bond acceptors (Lipinski definition) is 4. The lowest BCUT2D eigenvalue weighted by Gasteiger charge is -2.33. The summed E-state index contributed by atoms with van der Waals surface area (Å²) in [6.45, 7) is 2.74. The molecule has 6 heteroatoms. The summed E-state index contributed by atoms with van der Waals surface area (Å²) in [5, 5.41) is 14.6. The number of nitrogens with zero attached hydrogens (tertiary/aromatic N) is 2. The third-order valence-electron chi connectivity index (χ3n) is 4.84. The predicted molar refractivity (Wildman–Crippen MR) is 98.8 cm³/mol. The molecule has 0 aromatic heterocycles. The fraction of sp³-hybridized carbons (Fsp3) is 0.400. The van der Waals surface area contributed by atoms with E-state index < -0.39 is 6.17 Å². The largest absolute Gasteiger partial charge is 0.299 e. The van der Waals surface area contributed by atoms with Crippen LogP contribution in [0.1, 0.15) is 24.0 Å². The summed E-state index contributed by atoms with van der Waals surface area (Å²) >= 11 is 0. The second kappa shape index (κ2) is 8.87. The van der Waals surface area contributed by atoms with Gasteiger partial charge in [0.25, 0.3) is 6.17 Å². The second-order valence-corrected chi connectivity index (χ2v) is 6.84. The number of benzene rings is 2. The van der Waals surface area contributed by atoms with Crippen molar-refractivity contribution in [2.24, 2.45) is 0 Å². The summed E-state index contributed by atoms with van der Waals surface area (Å²) in [5.74, 6) is -0.362. The number of rotatable bonds is 7. The standard InChI is InChI=1S/C20H24FN3O2/c21-18-8-4-7-17(13-18)14-20(24(25)26)22-19-9-11-23(12-10-19)15-16-5-2-1-3-6-16/h1-8,13,19-20,22H,9-12,14-15H2. The van der Waals surface area contributed by atoms with Crippen LogP contribution in [0.3, 0.4) is 0 Å². The Morgan fingerprint density at radius 1 is 1.12 bits per heavy atom. The second-order valence-electron chi connectivity index (χ2n) is 6.84. The maximum atomic E-state index is 13.3. The van der Waals surface area contributed by atoms with E-state index in [2.05, 4.69) is 22.3 Å². The van der Waals surface area contributed by atoms with Gasteiger partial charge in [-0.25, -0.2) is 4.39 Å². The number of nitro groups is 1. The third-order valence-corrected chi connectivity index (χ3v) is 4.84. The highest BCUT2D eigenvalue weighted by atomic mass is 19.1. The molecule has 2 aromatic carbocycles. The Kier molecular flexibility index (Phi) is 6.30. The highest BCUT2D eigenvalue weighted by Crippen LogP contribution is 2.15. The van der Waals surface area contributed by atoms with E-state index in [4.69, 9.17) is 0 Å². The number of nitrogens with one attached hydrogen (secondary N) is 1. The molecule has 1 heterocycles. The smallest absolute Gasteiger partial charge is 0.270 e. The quantitative estimate of drug-likeness (QED) is 0.470. The molecule has 1 aliphatic rings. The molecule has 0 aliphatic carbocycles. The molecule has 26 heavy (non-hydrogen) atoms. The summed E-state index contributed by atoms with van der Waals surface area (Å²) in [6, 6.07) is 16.5. The predicted octanol–water partition coefficient (Wildman–Crippen LogP) is 3.23. The number of halogens is 1. The molecule has 1 N–H and O–H groups in total. The highest BCUT2D eigenvalue weighted by molar-refractivity contribution is 5.17. The van der Waals surface area contributed by atoms with Gasteiger partial charge in [0.1, 0.15) is 5.82 Å². The summed E-state index contributed by atoms with van der Waals surface area (Å²) < 4.78 is 13.3. The van der Waals surface area contributed by atoms with E-state index in [0.717, 1.165) is 32.5 Å². The Hall–Kier alpha value is -2.31. The van der Waals surface area contributed by atoms with Crippen LogP contribution in [0.15, 0.2) is 54.6 Å². The van der Waals surface area contributed by atoms with Crippen LogP contribution in [0.4, 0.5) is 4.39 Å². The topological polar surface area (TPSA) is 58.4 Å². The molecule has 1 aliphatic heterocycles. The molecule has 1 saturated heterocycles. The zero-order valence-corrected chi connectivity index (χ0v) is 14.7. The van der Waals surface area contributed by atoms with Crippen LogP contribution in [-0.4, -0.2) is 35.1 Å². The lowest BCUT2D eigenvalue weighted by Crippen LogP contribution is -2.49. The molecule has 0 saturated carbocycles. The fourth-order valence-electron chi connectivity index (χ4n) is 3.45. The Morgan fingerprint density at radius 3 is 2.46 bits per heavy atom. The summed E-state index contributed by atoms with van der Waals surface area (Å²) in [5.41, 5.74) is 1.92. The number of piperidine rings is 1. The zero-order chi connectivity index (χ0) is 18.4. The van der Waals surface area contributed by atoms with Crippen LogP contribution in [0.2, 0.25) is 0 Å². The Balaban J connectivity index is 1.50. The van der Waals surface area contributed by atoms with Gasteiger partial charge in [-0.2, -0.15) is 0 Å². The van der Waals surface area contributed by atoms with Gasteiger partial charge in [0.2, 0.25) is 0 Å². The molecule has 3 rings (SSSR count). The summed E-state index contributed by atoms with van der Waals surface area (Å²) in [7, 11) is 0. The first-order valence-electron chi connectivity index (χ1n) is 9.00. The Bertz CT molecular complexity index is 718. The van der Waals surface area contributed by atoms with Crippen LogP contribution in [-0.2, 0) is 13.0 Å². The first-order valence-corrected chi connectivity index (χ1v) is 9.00. The monoisotopic (exact) mass is 357 g/mol. The molecular weight excluding hydrogens is 333 g/mol. The van der Waals surface area contributed by atoms with E-state index in [9.17, 15) is 14.5 Å². The van der Waals surface area contributed by atoms with E-state index in [0.29, 0.717) is 5.56 Å². The first-order chi connectivity index (χ1) is 12.6. The van der Waals surface area contributed by atoms with Crippen molar-refractivity contribution in [3.63, 3.8) is 0 Å². The minimum Gasteiger partial charge on any atom is -0.299 e. The van der Waals surface area contributed by atoms with Crippen molar-refractivity contribution in [3.05, 3.63) is 81.7 Å². The number of hydrogen-bond donors (Lipinski definition) is 1. The Morgan fingerprint density at radius 2 is 1.81 bits per heavy atom. The molecule has 2 aromatic rings. The third kappa shape index (κ3) is 5.34.